The summed E-state index contributed by atoms with van der Waals surface area (Å²) in [6.07, 6.45) is 0. The molecule has 0 atom stereocenters. The molecule has 4 rings (SSSR count). The number of urea groups is 1. The fourth-order valence-corrected chi connectivity index (χ4v) is 3.31. The summed E-state index contributed by atoms with van der Waals surface area (Å²) in [5.41, 5.74) is 3.06. The van der Waals surface area contributed by atoms with Crippen molar-refractivity contribution in [3.63, 3.8) is 0 Å². The third kappa shape index (κ3) is 5.27. The zero-order chi connectivity index (χ0) is 23.4. The van der Waals surface area contributed by atoms with Gasteiger partial charge >= 0.3 is 6.03 Å². The lowest BCUT2D eigenvalue weighted by atomic mass is 10.3. The van der Waals surface area contributed by atoms with Gasteiger partial charge in [0.15, 0.2) is 5.82 Å². The molecule has 0 spiro atoms. The molecule has 4 aromatic rings. The van der Waals surface area contributed by atoms with Crippen molar-refractivity contribution in [2.24, 2.45) is 0 Å². The number of ether oxygens (including phenoxy) is 2. The number of para-hydroxylation sites is 2. The standard InChI is InChI=1S/C24H24N6O3/c1-15-13-16(2)30(29-15)22-14-23(26-17(3)25-22)33-19-11-9-18(10-12-19)27-24(31)28-20-7-5-6-8-21(20)32-4/h5-14H,1-4H3,(H2,27,28,31). The summed E-state index contributed by atoms with van der Waals surface area (Å²) in [7, 11) is 1.55. The van der Waals surface area contributed by atoms with E-state index in [1.807, 2.05) is 32.0 Å². The molecule has 0 aliphatic heterocycles. The van der Waals surface area contributed by atoms with Crippen LogP contribution in [-0.4, -0.2) is 32.9 Å². The Kier molecular flexibility index (Phi) is 6.21. The average Bonchev–Trinajstić information content (AvgIpc) is 3.13. The number of carbonyl (C=O) groups is 1. The second kappa shape index (κ2) is 9.39. The second-order valence-electron chi connectivity index (χ2n) is 7.36. The minimum absolute atomic E-state index is 0.380. The van der Waals surface area contributed by atoms with Gasteiger partial charge in [-0.3, -0.25) is 0 Å². The fraction of sp³-hybridized carbons (Fsp3) is 0.167. The minimum atomic E-state index is -0.380. The van der Waals surface area contributed by atoms with E-state index in [0.29, 0.717) is 40.4 Å². The molecule has 2 amide bonds. The van der Waals surface area contributed by atoms with Crippen molar-refractivity contribution in [1.82, 2.24) is 19.7 Å². The van der Waals surface area contributed by atoms with Gasteiger partial charge in [-0.1, -0.05) is 12.1 Å². The van der Waals surface area contributed by atoms with E-state index in [1.54, 1.807) is 61.2 Å². The van der Waals surface area contributed by atoms with Gasteiger partial charge in [0.2, 0.25) is 5.88 Å². The molecule has 9 nitrogen and oxygen atoms in total. The van der Waals surface area contributed by atoms with E-state index in [0.717, 1.165) is 11.4 Å². The van der Waals surface area contributed by atoms with Crippen molar-refractivity contribution in [2.75, 3.05) is 17.7 Å². The van der Waals surface area contributed by atoms with Crippen LogP contribution < -0.4 is 20.1 Å². The van der Waals surface area contributed by atoms with E-state index < -0.39 is 0 Å². The first-order valence-electron chi connectivity index (χ1n) is 10.3. The van der Waals surface area contributed by atoms with Gasteiger partial charge in [-0.25, -0.2) is 14.5 Å². The Hall–Kier alpha value is -4.40. The van der Waals surface area contributed by atoms with Gasteiger partial charge in [0.1, 0.15) is 17.3 Å². The maximum Gasteiger partial charge on any atom is 0.323 e. The molecule has 2 N–H and O–H groups in total. The highest BCUT2D eigenvalue weighted by molar-refractivity contribution is 6.00. The highest BCUT2D eigenvalue weighted by atomic mass is 16.5. The Morgan fingerprint density at radius 1 is 0.939 bits per heavy atom. The van der Waals surface area contributed by atoms with Crippen LogP contribution >= 0.6 is 0 Å². The van der Waals surface area contributed by atoms with Crippen molar-refractivity contribution in [1.29, 1.82) is 0 Å². The van der Waals surface area contributed by atoms with Crippen LogP contribution in [0.5, 0.6) is 17.4 Å². The molecular formula is C24H24N6O3. The molecule has 0 aliphatic rings. The minimum Gasteiger partial charge on any atom is -0.495 e. The van der Waals surface area contributed by atoms with Crippen LogP contribution in [0.3, 0.4) is 0 Å². The number of anilines is 2. The average molecular weight is 444 g/mol. The number of nitrogens with one attached hydrogen (secondary N) is 2. The number of carbonyl (C=O) groups excluding carboxylic acids is 1. The lowest BCUT2D eigenvalue weighted by Gasteiger charge is -2.12. The second-order valence-corrected chi connectivity index (χ2v) is 7.36. The molecule has 33 heavy (non-hydrogen) atoms. The molecule has 0 saturated heterocycles. The van der Waals surface area contributed by atoms with Crippen molar-refractivity contribution in [3.05, 3.63) is 77.9 Å². The highest BCUT2D eigenvalue weighted by Gasteiger charge is 2.11. The number of nitrogens with zero attached hydrogens (tertiary/aromatic N) is 4. The van der Waals surface area contributed by atoms with Crippen molar-refractivity contribution >= 4 is 17.4 Å². The van der Waals surface area contributed by atoms with Crippen LogP contribution in [0.1, 0.15) is 17.2 Å². The number of methoxy groups -OCH3 is 1. The largest absolute Gasteiger partial charge is 0.495 e. The molecule has 0 radical (unpaired) electrons. The van der Waals surface area contributed by atoms with E-state index in [2.05, 4.69) is 25.7 Å². The summed E-state index contributed by atoms with van der Waals surface area (Å²) in [6.45, 7) is 5.70. The number of aromatic nitrogens is 4. The molecular weight excluding hydrogens is 420 g/mol. The van der Waals surface area contributed by atoms with E-state index in [1.165, 1.54) is 0 Å². The smallest absolute Gasteiger partial charge is 0.323 e. The van der Waals surface area contributed by atoms with Crippen molar-refractivity contribution in [2.45, 2.75) is 20.8 Å². The van der Waals surface area contributed by atoms with Gasteiger partial charge in [-0.05, 0) is 63.2 Å². The molecule has 0 fully saturated rings. The highest BCUT2D eigenvalue weighted by Crippen LogP contribution is 2.25. The lowest BCUT2D eigenvalue weighted by molar-refractivity contribution is 0.262. The number of amides is 2. The Balaban J connectivity index is 1.44. The van der Waals surface area contributed by atoms with Crippen LogP contribution in [0.25, 0.3) is 5.82 Å². The predicted octanol–water partition coefficient (Wildman–Crippen LogP) is 5.03. The third-order valence-corrected chi connectivity index (χ3v) is 4.72. The normalized spacial score (nSPS) is 10.5. The molecule has 2 aromatic carbocycles. The fourth-order valence-electron chi connectivity index (χ4n) is 3.31. The van der Waals surface area contributed by atoms with Crippen LogP contribution in [0.4, 0.5) is 16.2 Å². The summed E-state index contributed by atoms with van der Waals surface area (Å²) in [4.78, 5) is 21.1. The van der Waals surface area contributed by atoms with Crippen LogP contribution in [0.2, 0.25) is 0 Å². The maximum absolute atomic E-state index is 12.3. The predicted molar refractivity (Wildman–Crippen MR) is 126 cm³/mol. The van der Waals surface area contributed by atoms with E-state index in [-0.39, 0.29) is 6.03 Å². The number of aryl methyl sites for hydroxylation is 3. The molecule has 9 heteroatoms. The quantitative estimate of drug-likeness (QED) is 0.432. The monoisotopic (exact) mass is 444 g/mol. The molecule has 0 bridgehead atoms. The van der Waals surface area contributed by atoms with Gasteiger partial charge in [-0.15, -0.1) is 0 Å². The van der Waals surface area contributed by atoms with Gasteiger partial charge in [-0.2, -0.15) is 10.1 Å². The Labute approximate surface area is 191 Å². The Morgan fingerprint density at radius 3 is 2.39 bits per heavy atom. The van der Waals surface area contributed by atoms with E-state index in [4.69, 9.17) is 9.47 Å². The summed E-state index contributed by atoms with van der Waals surface area (Å²) in [5, 5.41) is 10.0. The first kappa shape index (κ1) is 21.8. The first-order chi connectivity index (χ1) is 15.9. The van der Waals surface area contributed by atoms with E-state index >= 15 is 0 Å². The number of hydrogen-bond acceptors (Lipinski definition) is 6. The number of hydrogen-bond donors (Lipinski definition) is 2. The molecule has 0 unspecified atom stereocenters. The molecule has 168 valence electrons. The molecule has 0 saturated carbocycles. The zero-order valence-electron chi connectivity index (χ0n) is 18.8. The Bertz CT molecular complexity index is 1280. The summed E-state index contributed by atoms with van der Waals surface area (Å²) in [6, 6.07) is 17.5. The topological polar surface area (TPSA) is 103 Å². The summed E-state index contributed by atoms with van der Waals surface area (Å²) in [5.74, 6) is 2.76. The Morgan fingerprint density at radius 2 is 1.70 bits per heavy atom. The number of benzene rings is 2. The maximum atomic E-state index is 12.3. The van der Waals surface area contributed by atoms with Crippen molar-refractivity contribution in [3.8, 4) is 23.2 Å². The van der Waals surface area contributed by atoms with Crippen LogP contribution in [0.15, 0.2) is 60.7 Å². The SMILES string of the molecule is COc1ccccc1NC(=O)Nc1ccc(Oc2cc(-n3nc(C)cc3C)nc(C)n2)cc1. The summed E-state index contributed by atoms with van der Waals surface area (Å²) < 4.78 is 12.9. The molecule has 0 aliphatic carbocycles. The third-order valence-electron chi connectivity index (χ3n) is 4.72. The van der Waals surface area contributed by atoms with Gasteiger partial charge in [0.25, 0.3) is 0 Å². The number of rotatable bonds is 6. The van der Waals surface area contributed by atoms with Crippen LogP contribution in [0, 0.1) is 20.8 Å². The lowest BCUT2D eigenvalue weighted by Crippen LogP contribution is -2.19. The molecule has 2 heterocycles. The van der Waals surface area contributed by atoms with Gasteiger partial charge in [0.05, 0.1) is 18.5 Å². The zero-order valence-corrected chi connectivity index (χ0v) is 18.8. The van der Waals surface area contributed by atoms with Gasteiger partial charge in [0, 0.05) is 17.4 Å². The summed E-state index contributed by atoms with van der Waals surface area (Å²) >= 11 is 0. The molecule has 2 aromatic heterocycles. The first-order valence-corrected chi connectivity index (χ1v) is 10.3. The van der Waals surface area contributed by atoms with Crippen LogP contribution in [-0.2, 0) is 0 Å². The van der Waals surface area contributed by atoms with Gasteiger partial charge < -0.3 is 20.1 Å². The van der Waals surface area contributed by atoms with Crippen molar-refractivity contribution < 1.29 is 14.3 Å². The van der Waals surface area contributed by atoms with E-state index in [9.17, 15) is 4.79 Å².